The number of amides is 1. The Morgan fingerprint density at radius 2 is 1.39 bits per heavy atom. The number of ether oxygens (including phenoxy) is 1. The molecule has 0 radical (unpaired) electrons. The lowest BCUT2D eigenvalue weighted by Gasteiger charge is -2.09. The zero-order valence-corrected chi connectivity index (χ0v) is 15.9. The summed E-state index contributed by atoms with van der Waals surface area (Å²) in [5, 5.41) is 6.23. The summed E-state index contributed by atoms with van der Waals surface area (Å²) in [5.41, 5.74) is 3.20. The second-order valence-electron chi connectivity index (χ2n) is 6.58. The standard InChI is InChI=1S/C24H26N2O2/c27-24(16-18-25-17-15-20-7-3-1-4-8-20)26-22-11-13-23(14-12-22)28-19-21-9-5-2-6-10-21/h1-14,25H,15-19H2,(H,26,27). The molecule has 4 nitrogen and oxygen atoms in total. The van der Waals surface area contributed by atoms with Gasteiger partial charge in [-0.1, -0.05) is 60.7 Å². The molecule has 28 heavy (non-hydrogen) atoms. The molecule has 3 aromatic carbocycles. The quantitative estimate of drug-likeness (QED) is 0.516. The van der Waals surface area contributed by atoms with Gasteiger partial charge >= 0.3 is 0 Å². The predicted molar refractivity (Wildman–Crippen MR) is 113 cm³/mol. The van der Waals surface area contributed by atoms with Crippen molar-refractivity contribution >= 4 is 11.6 Å². The minimum Gasteiger partial charge on any atom is -0.489 e. The molecule has 0 aliphatic rings. The molecule has 0 heterocycles. The summed E-state index contributed by atoms with van der Waals surface area (Å²) in [7, 11) is 0. The van der Waals surface area contributed by atoms with Gasteiger partial charge in [-0.3, -0.25) is 4.79 Å². The SMILES string of the molecule is O=C(CCNCCc1ccccc1)Nc1ccc(OCc2ccccc2)cc1. The largest absolute Gasteiger partial charge is 0.489 e. The van der Waals surface area contributed by atoms with E-state index in [9.17, 15) is 4.79 Å². The molecule has 0 bridgehead atoms. The number of rotatable bonds is 10. The first-order valence-corrected chi connectivity index (χ1v) is 9.61. The molecule has 0 saturated heterocycles. The molecule has 2 N–H and O–H groups in total. The first-order chi connectivity index (χ1) is 13.8. The molecule has 0 fully saturated rings. The molecule has 0 unspecified atom stereocenters. The number of carbonyl (C=O) groups is 1. The van der Waals surface area contributed by atoms with Gasteiger partial charge in [0.15, 0.2) is 0 Å². The normalized spacial score (nSPS) is 10.4. The third-order valence-corrected chi connectivity index (χ3v) is 4.35. The van der Waals surface area contributed by atoms with Crippen LogP contribution < -0.4 is 15.4 Å². The highest BCUT2D eigenvalue weighted by Crippen LogP contribution is 2.17. The van der Waals surface area contributed by atoms with E-state index in [1.165, 1.54) is 5.56 Å². The second-order valence-corrected chi connectivity index (χ2v) is 6.58. The van der Waals surface area contributed by atoms with Crippen LogP contribution in [0.1, 0.15) is 17.5 Å². The molecule has 3 rings (SSSR count). The van der Waals surface area contributed by atoms with E-state index in [1.54, 1.807) is 0 Å². The molecule has 0 spiro atoms. The fraction of sp³-hybridized carbons (Fsp3) is 0.208. The van der Waals surface area contributed by atoms with Crippen LogP contribution in [0.2, 0.25) is 0 Å². The summed E-state index contributed by atoms with van der Waals surface area (Å²) in [5.74, 6) is 0.787. The lowest BCUT2D eigenvalue weighted by molar-refractivity contribution is -0.116. The van der Waals surface area contributed by atoms with E-state index in [-0.39, 0.29) is 5.91 Å². The van der Waals surface area contributed by atoms with Gasteiger partial charge in [0.2, 0.25) is 5.91 Å². The average molecular weight is 374 g/mol. The zero-order chi connectivity index (χ0) is 19.4. The van der Waals surface area contributed by atoms with Gasteiger partial charge in [-0.05, 0) is 48.4 Å². The van der Waals surface area contributed by atoms with Crippen molar-refractivity contribution < 1.29 is 9.53 Å². The third-order valence-electron chi connectivity index (χ3n) is 4.35. The van der Waals surface area contributed by atoms with E-state index >= 15 is 0 Å². The average Bonchev–Trinajstić information content (AvgIpc) is 2.74. The summed E-state index contributed by atoms with van der Waals surface area (Å²) < 4.78 is 5.76. The fourth-order valence-corrected chi connectivity index (χ4v) is 2.80. The van der Waals surface area contributed by atoms with Crippen molar-refractivity contribution in [1.29, 1.82) is 0 Å². The van der Waals surface area contributed by atoms with Crippen molar-refractivity contribution in [2.24, 2.45) is 0 Å². The highest BCUT2D eigenvalue weighted by Gasteiger charge is 2.03. The van der Waals surface area contributed by atoms with Crippen LogP contribution in [-0.2, 0) is 17.8 Å². The number of nitrogens with one attached hydrogen (secondary N) is 2. The summed E-state index contributed by atoms with van der Waals surface area (Å²) in [6.07, 6.45) is 1.41. The fourth-order valence-electron chi connectivity index (χ4n) is 2.80. The van der Waals surface area contributed by atoms with Crippen LogP contribution in [0.25, 0.3) is 0 Å². The van der Waals surface area contributed by atoms with Crippen LogP contribution in [-0.4, -0.2) is 19.0 Å². The van der Waals surface area contributed by atoms with Gasteiger partial charge in [0.05, 0.1) is 0 Å². The first kappa shape index (κ1) is 19.6. The van der Waals surface area contributed by atoms with Gasteiger partial charge in [0, 0.05) is 18.7 Å². The van der Waals surface area contributed by atoms with Gasteiger partial charge in [-0.15, -0.1) is 0 Å². The van der Waals surface area contributed by atoms with Gasteiger partial charge in [-0.25, -0.2) is 0 Å². The monoisotopic (exact) mass is 374 g/mol. The molecule has 0 aliphatic heterocycles. The summed E-state index contributed by atoms with van der Waals surface area (Å²) in [6, 6.07) is 27.8. The van der Waals surface area contributed by atoms with Crippen LogP contribution in [0.4, 0.5) is 5.69 Å². The maximum atomic E-state index is 12.1. The van der Waals surface area contributed by atoms with Crippen molar-refractivity contribution in [3.8, 4) is 5.75 Å². The Morgan fingerprint density at radius 3 is 2.07 bits per heavy atom. The zero-order valence-electron chi connectivity index (χ0n) is 15.9. The highest BCUT2D eigenvalue weighted by atomic mass is 16.5. The van der Waals surface area contributed by atoms with Gasteiger partial charge in [0.1, 0.15) is 12.4 Å². The summed E-state index contributed by atoms with van der Waals surface area (Å²) >= 11 is 0. The Balaban J connectivity index is 1.32. The van der Waals surface area contributed by atoms with E-state index in [1.807, 2.05) is 72.8 Å². The number of benzene rings is 3. The van der Waals surface area contributed by atoms with Crippen molar-refractivity contribution in [2.45, 2.75) is 19.4 Å². The lowest BCUT2D eigenvalue weighted by atomic mass is 10.1. The summed E-state index contributed by atoms with van der Waals surface area (Å²) in [4.78, 5) is 12.1. The second kappa shape index (κ2) is 10.9. The molecule has 1 amide bonds. The highest BCUT2D eigenvalue weighted by molar-refractivity contribution is 5.90. The minimum atomic E-state index is 0.00478. The van der Waals surface area contributed by atoms with E-state index in [2.05, 4.69) is 22.8 Å². The molecule has 4 heteroatoms. The van der Waals surface area contributed by atoms with Gasteiger partial charge < -0.3 is 15.4 Å². The number of carbonyl (C=O) groups excluding carboxylic acids is 1. The predicted octanol–water partition coefficient (Wildman–Crippen LogP) is 4.43. The molecule has 0 aromatic heterocycles. The first-order valence-electron chi connectivity index (χ1n) is 9.61. The maximum Gasteiger partial charge on any atom is 0.225 e. The van der Waals surface area contributed by atoms with E-state index in [0.717, 1.165) is 30.0 Å². The van der Waals surface area contributed by atoms with Crippen molar-refractivity contribution in [3.05, 3.63) is 96.1 Å². The van der Waals surface area contributed by atoms with Gasteiger partial charge in [-0.2, -0.15) is 0 Å². The Bertz CT molecular complexity index is 833. The van der Waals surface area contributed by atoms with E-state index < -0.39 is 0 Å². The number of hydrogen-bond donors (Lipinski definition) is 2. The third kappa shape index (κ3) is 6.89. The Hall–Kier alpha value is -3.11. The van der Waals surface area contributed by atoms with Crippen molar-refractivity contribution in [2.75, 3.05) is 18.4 Å². The molecular formula is C24H26N2O2. The topological polar surface area (TPSA) is 50.4 Å². The molecule has 3 aromatic rings. The molecule has 0 atom stereocenters. The Morgan fingerprint density at radius 1 is 0.750 bits per heavy atom. The summed E-state index contributed by atoms with van der Waals surface area (Å²) in [6.45, 7) is 2.06. The van der Waals surface area contributed by atoms with E-state index in [0.29, 0.717) is 19.6 Å². The number of hydrogen-bond acceptors (Lipinski definition) is 3. The Kier molecular flexibility index (Phi) is 7.65. The maximum absolute atomic E-state index is 12.1. The molecular weight excluding hydrogens is 348 g/mol. The van der Waals surface area contributed by atoms with Crippen molar-refractivity contribution in [1.82, 2.24) is 5.32 Å². The van der Waals surface area contributed by atoms with Crippen LogP contribution in [0, 0.1) is 0 Å². The van der Waals surface area contributed by atoms with Gasteiger partial charge in [0.25, 0.3) is 0 Å². The lowest BCUT2D eigenvalue weighted by Crippen LogP contribution is -2.23. The van der Waals surface area contributed by atoms with Crippen LogP contribution in [0.5, 0.6) is 5.75 Å². The minimum absolute atomic E-state index is 0.00478. The van der Waals surface area contributed by atoms with Crippen LogP contribution in [0.3, 0.4) is 0 Å². The van der Waals surface area contributed by atoms with Crippen LogP contribution >= 0.6 is 0 Å². The smallest absolute Gasteiger partial charge is 0.225 e. The molecule has 144 valence electrons. The van der Waals surface area contributed by atoms with Crippen molar-refractivity contribution in [3.63, 3.8) is 0 Å². The van der Waals surface area contributed by atoms with Crippen LogP contribution in [0.15, 0.2) is 84.9 Å². The molecule has 0 aliphatic carbocycles. The number of anilines is 1. The Labute approximate surface area is 166 Å². The molecule has 0 saturated carbocycles. The van der Waals surface area contributed by atoms with E-state index in [4.69, 9.17) is 4.74 Å².